The highest BCUT2D eigenvalue weighted by Crippen LogP contribution is 2.16. The van der Waals surface area contributed by atoms with Crippen molar-refractivity contribution in [3.8, 4) is 0 Å². The number of nitrogens with one attached hydrogen (secondary N) is 2. The van der Waals surface area contributed by atoms with E-state index in [1.165, 1.54) is 0 Å². The SMILES string of the molecule is CN1CC(C(=O)NC2CCCNC2)CC1=O.Cl. The van der Waals surface area contributed by atoms with E-state index < -0.39 is 0 Å². The van der Waals surface area contributed by atoms with Gasteiger partial charge in [0.2, 0.25) is 11.8 Å². The van der Waals surface area contributed by atoms with E-state index in [-0.39, 0.29) is 36.2 Å². The van der Waals surface area contributed by atoms with E-state index in [0.717, 1.165) is 25.9 Å². The molecule has 2 N–H and O–H groups in total. The molecule has 2 fully saturated rings. The topological polar surface area (TPSA) is 61.4 Å². The number of likely N-dealkylation sites (tertiary alicyclic amines) is 1. The van der Waals surface area contributed by atoms with Gasteiger partial charge in [0.1, 0.15) is 0 Å². The van der Waals surface area contributed by atoms with Crippen LogP contribution >= 0.6 is 12.4 Å². The van der Waals surface area contributed by atoms with Crippen molar-refractivity contribution in [2.45, 2.75) is 25.3 Å². The summed E-state index contributed by atoms with van der Waals surface area (Å²) in [5.74, 6) is -0.0484. The molecule has 0 radical (unpaired) electrons. The molecular weight excluding hydrogens is 242 g/mol. The Kier molecular flexibility index (Phi) is 5.21. The van der Waals surface area contributed by atoms with Gasteiger partial charge < -0.3 is 15.5 Å². The molecule has 0 aromatic carbocycles. The van der Waals surface area contributed by atoms with Crippen molar-refractivity contribution < 1.29 is 9.59 Å². The van der Waals surface area contributed by atoms with Crippen LogP contribution in [0.1, 0.15) is 19.3 Å². The molecule has 2 saturated heterocycles. The van der Waals surface area contributed by atoms with E-state index in [4.69, 9.17) is 0 Å². The predicted octanol–water partition coefficient (Wildman–Crippen LogP) is -0.245. The van der Waals surface area contributed by atoms with E-state index in [0.29, 0.717) is 13.0 Å². The van der Waals surface area contributed by atoms with Crippen LogP contribution in [0.2, 0.25) is 0 Å². The van der Waals surface area contributed by atoms with Gasteiger partial charge in [-0.2, -0.15) is 0 Å². The van der Waals surface area contributed by atoms with Gasteiger partial charge in [-0.3, -0.25) is 9.59 Å². The third-order valence-corrected chi connectivity index (χ3v) is 3.36. The molecule has 98 valence electrons. The van der Waals surface area contributed by atoms with Crippen LogP contribution in [-0.4, -0.2) is 49.4 Å². The lowest BCUT2D eigenvalue weighted by atomic mass is 10.0. The fourth-order valence-corrected chi connectivity index (χ4v) is 2.33. The quantitative estimate of drug-likeness (QED) is 0.721. The van der Waals surface area contributed by atoms with Crippen LogP contribution in [0, 0.1) is 5.92 Å². The zero-order chi connectivity index (χ0) is 11.5. The first-order chi connectivity index (χ1) is 7.66. The standard InChI is InChI=1S/C11H19N3O2.ClH/c1-14-7-8(5-10(14)15)11(16)13-9-3-2-4-12-6-9;/h8-9,12H,2-7H2,1H3,(H,13,16);1H. The Balaban J connectivity index is 0.00000144. The number of amides is 2. The van der Waals surface area contributed by atoms with Crippen molar-refractivity contribution >= 4 is 24.2 Å². The summed E-state index contributed by atoms with van der Waals surface area (Å²) in [4.78, 5) is 24.8. The number of halogens is 1. The van der Waals surface area contributed by atoms with Crippen LogP contribution in [0.3, 0.4) is 0 Å². The normalized spacial score (nSPS) is 28.8. The summed E-state index contributed by atoms with van der Waals surface area (Å²) < 4.78 is 0. The molecule has 0 aromatic rings. The molecule has 2 amide bonds. The minimum Gasteiger partial charge on any atom is -0.352 e. The van der Waals surface area contributed by atoms with Gasteiger partial charge in [-0.05, 0) is 19.4 Å². The molecule has 0 aromatic heterocycles. The van der Waals surface area contributed by atoms with Crippen LogP contribution in [0.4, 0.5) is 0 Å². The van der Waals surface area contributed by atoms with Crippen LogP contribution in [0.25, 0.3) is 0 Å². The summed E-state index contributed by atoms with van der Waals surface area (Å²) in [6, 6.07) is 0.238. The molecule has 6 heteroatoms. The molecule has 2 rings (SSSR count). The van der Waals surface area contributed by atoms with Crippen molar-refractivity contribution in [2.75, 3.05) is 26.7 Å². The zero-order valence-electron chi connectivity index (χ0n) is 10.1. The second-order valence-corrected chi connectivity index (χ2v) is 4.73. The minimum atomic E-state index is -0.153. The first kappa shape index (κ1) is 14.3. The van der Waals surface area contributed by atoms with Gasteiger partial charge >= 0.3 is 0 Å². The molecule has 0 saturated carbocycles. The highest BCUT2D eigenvalue weighted by Gasteiger charge is 2.32. The zero-order valence-corrected chi connectivity index (χ0v) is 10.9. The Hall–Kier alpha value is -0.810. The third kappa shape index (κ3) is 3.57. The molecule has 0 aliphatic carbocycles. The van der Waals surface area contributed by atoms with E-state index in [1.807, 2.05) is 0 Å². The van der Waals surface area contributed by atoms with Gasteiger partial charge in [-0.25, -0.2) is 0 Å². The summed E-state index contributed by atoms with van der Waals surface area (Å²) in [6.45, 7) is 2.45. The minimum absolute atomic E-state index is 0. The fourth-order valence-electron chi connectivity index (χ4n) is 2.33. The molecule has 2 unspecified atom stereocenters. The second-order valence-electron chi connectivity index (χ2n) is 4.73. The molecular formula is C11H20ClN3O2. The van der Waals surface area contributed by atoms with Gasteiger partial charge in [-0.1, -0.05) is 0 Å². The monoisotopic (exact) mass is 261 g/mol. The lowest BCUT2D eigenvalue weighted by Crippen LogP contribution is -2.47. The van der Waals surface area contributed by atoms with Crippen molar-refractivity contribution in [2.24, 2.45) is 5.92 Å². The Morgan fingerprint density at radius 3 is 2.82 bits per heavy atom. The van der Waals surface area contributed by atoms with Gasteiger partial charge in [-0.15, -0.1) is 12.4 Å². The number of piperidine rings is 1. The van der Waals surface area contributed by atoms with Crippen LogP contribution < -0.4 is 10.6 Å². The molecule has 0 bridgehead atoms. The molecule has 2 atom stereocenters. The Bertz CT molecular complexity index is 292. The number of hydrogen-bond donors (Lipinski definition) is 2. The average Bonchev–Trinajstić information content (AvgIpc) is 2.61. The van der Waals surface area contributed by atoms with E-state index in [2.05, 4.69) is 10.6 Å². The van der Waals surface area contributed by atoms with Gasteiger partial charge in [0.25, 0.3) is 0 Å². The number of hydrogen-bond acceptors (Lipinski definition) is 3. The maximum atomic E-state index is 11.9. The molecule has 17 heavy (non-hydrogen) atoms. The van der Waals surface area contributed by atoms with Crippen molar-refractivity contribution in [1.82, 2.24) is 15.5 Å². The highest BCUT2D eigenvalue weighted by molar-refractivity contribution is 5.89. The lowest BCUT2D eigenvalue weighted by Gasteiger charge is -2.25. The summed E-state index contributed by atoms with van der Waals surface area (Å²) in [5, 5.41) is 6.28. The van der Waals surface area contributed by atoms with Crippen molar-refractivity contribution in [3.63, 3.8) is 0 Å². The highest BCUT2D eigenvalue weighted by atomic mass is 35.5. The van der Waals surface area contributed by atoms with Crippen LogP contribution in [-0.2, 0) is 9.59 Å². The first-order valence-corrected chi connectivity index (χ1v) is 5.92. The summed E-state index contributed by atoms with van der Waals surface area (Å²) in [7, 11) is 1.75. The Morgan fingerprint density at radius 2 is 2.29 bits per heavy atom. The van der Waals surface area contributed by atoms with Crippen LogP contribution in [0.15, 0.2) is 0 Å². The Labute approximate surface area is 108 Å². The number of carbonyl (C=O) groups excluding carboxylic acids is 2. The van der Waals surface area contributed by atoms with Crippen molar-refractivity contribution in [1.29, 1.82) is 0 Å². The molecule has 0 spiro atoms. The molecule has 5 nitrogen and oxygen atoms in total. The third-order valence-electron chi connectivity index (χ3n) is 3.36. The van der Waals surface area contributed by atoms with Gasteiger partial charge in [0.15, 0.2) is 0 Å². The summed E-state index contributed by atoms with van der Waals surface area (Å²) in [6.07, 6.45) is 2.51. The van der Waals surface area contributed by atoms with E-state index in [1.54, 1.807) is 11.9 Å². The number of nitrogens with zero attached hydrogens (tertiary/aromatic N) is 1. The van der Waals surface area contributed by atoms with Crippen molar-refractivity contribution in [3.05, 3.63) is 0 Å². The fraction of sp³-hybridized carbons (Fsp3) is 0.818. The molecule has 2 heterocycles. The van der Waals surface area contributed by atoms with Gasteiger partial charge in [0.05, 0.1) is 5.92 Å². The maximum Gasteiger partial charge on any atom is 0.225 e. The first-order valence-electron chi connectivity index (χ1n) is 5.92. The maximum absolute atomic E-state index is 11.9. The average molecular weight is 262 g/mol. The summed E-state index contributed by atoms with van der Waals surface area (Å²) in [5.41, 5.74) is 0. The largest absolute Gasteiger partial charge is 0.352 e. The lowest BCUT2D eigenvalue weighted by molar-refractivity contribution is -0.128. The van der Waals surface area contributed by atoms with E-state index in [9.17, 15) is 9.59 Å². The Morgan fingerprint density at radius 1 is 1.53 bits per heavy atom. The smallest absolute Gasteiger partial charge is 0.225 e. The summed E-state index contributed by atoms with van der Waals surface area (Å²) >= 11 is 0. The van der Waals surface area contributed by atoms with Gasteiger partial charge in [0, 0.05) is 32.6 Å². The molecule has 2 aliphatic rings. The van der Waals surface area contributed by atoms with E-state index >= 15 is 0 Å². The molecule has 2 aliphatic heterocycles. The van der Waals surface area contributed by atoms with Crippen LogP contribution in [0.5, 0.6) is 0 Å². The second kappa shape index (κ2) is 6.21. The number of rotatable bonds is 2. The predicted molar refractivity (Wildman–Crippen MR) is 67.0 cm³/mol. The number of carbonyl (C=O) groups is 2.